The van der Waals surface area contributed by atoms with Gasteiger partial charge in [-0.3, -0.25) is 5.10 Å². The molecule has 1 heterocycles. The molecule has 2 aromatic carbocycles. The van der Waals surface area contributed by atoms with Crippen LogP contribution in [-0.2, 0) is 13.0 Å². The predicted molar refractivity (Wildman–Crippen MR) is 127 cm³/mol. The quantitative estimate of drug-likeness (QED) is 0.323. The first-order valence-corrected chi connectivity index (χ1v) is 11.1. The summed E-state index contributed by atoms with van der Waals surface area (Å²) >= 11 is 5.31. The number of nitrogens with zero attached hydrogens (tertiary/aromatic N) is 3. The summed E-state index contributed by atoms with van der Waals surface area (Å²) < 4.78 is 14.1. The lowest BCUT2D eigenvalue weighted by atomic mass is 10.1. The molecular formula is C24H30N4O2S. The van der Waals surface area contributed by atoms with E-state index < -0.39 is 0 Å². The van der Waals surface area contributed by atoms with Crippen LogP contribution in [0.4, 0.5) is 0 Å². The second kappa shape index (κ2) is 10.9. The van der Waals surface area contributed by atoms with Crippen LogP contribution < -0.4 is 9.47 Å². The molecule has 164 valence electrons. The van der Waals surface area contributed by atoms with E-state index in [1.807, 2.05) is 25.1 Å². The summed E-state index contributed by atoms with van der Waals surface area (Å²) in [5.74, 6) is 2.24. The molecule has 1 N–H and O–H groups in total. The minimum absolute atomic E-state index is 0.487. The Morgan fingerprint density at radius 2 is 1.94 bits per heavy atom. The molecule has 0 saturated carbocycles. The number of unbranched alkanes of at least 4 members (excludes halogenated alkanes) is 1. The van der Waals surface area contributed by atoms with Gasteiger partial charge in [0.15, 0.2) is 17.3 Å². The van der Waals surface area contributed by atoms with Crippen LogP contribution in [-0.4, -0.2) is 27.7 Å². The maximum atomic E-state index is 6.09. The first-order chi connectivity index (χ1) is 15.0. The number of nitrogens with one attached hydrogen (secondary N) is 1. The Hall–Kier alpha value is -2.93. The third kappa shape index (κ3) is 6.04. The smallest absolute Gasteiger partial charge is 0.216 e. The van der Waals surface area contributed by atoms with Crippen molar-refractivity contribution in [2.24, 2.45) is 5.10 Å². The molecule has 0 aliphatic carbocycles. The van der Waals surface area contributed by atoms with E-state index in [4.69, 9.17) is 21.7 Å². The molecule has 0 spiro atoms. The van der Waals surface area contributed by atoms with Gasteiger partial charge in [0.2, 0.25) is 4.77 Å². The number of hydrogen-bond acceptors (Lipinski definition) is 5. The van der Waals surface area contributed by atoms with Crippen LogP contribution in [0.2, 0.25) is 0 Å². The third-order valence-corrected chi connectivity index (χ3v) is 5.21. The monoisotopic (exact) mass is 438 g/mol. The summed E-state index contributed by atoms with van der Waals surface area (Å²) in [4.78, 5) is 0. The standard InChI is InChI=1S/C24H30N4O2S/c1-5-7-8-23-26-27-24(31)28(23)25-15-19-11-12-21(22(14-19)29-6-2)30-16-20-13-17(3)9-10-18(20)4/h9-15H,5-8,16H2,1-4H3,(H,27,31)/b25-15-. The second-order valence-corrected chi connectivity index (χ2v) is 7.85. The number of aryl methyl sites for hydroxylation is 3. The van der Waals surface area contributed by atoms with Crippen molar-refractivity contribution >= 4 is 18.4 Å². The minimum atomic E-state index is 0.487. The van der Waals surface area contributed by atoms with E-state index in [1.165, 1.54) is 16.7 Å². The molecular weight excluding hydrogens is 408 g/mol. The van der Waals surface area contributed by atoms with E-state index in [0.717, 1.165) is 30.7 Å². The zero-order valence-corrected chi connectivity index (χ0v) is 19.5. The van der Waals surface area contributed by atoms with Gasteiger partial charge >= 0.3 is 0 Å². The molecule has 0 amide bonds. The Balaban J connectivity index is 1.79. The van der Waals surface area contributed by atoms with Gasteiger partial charge in [-0.05, 0) is 74.3 Å². The Morgan fingerprint density at radius 1 is 1.10 bits per heavy atom. The average molecular weight is 439 g/mol. The number of aromatic amines is 1. The normalized spacial score (nSPS) is 11.2. The fraction of sp³-hybridized carbons (Fsp3) is 0.375. The van der Waals surface area contributed by atoms with E-state index in [-0.39, 0.29) is 0 Å². The van der Waals surface area contributed by atoms with Gasteiger partial charge in [-0.1, -0.05) is 37.1 Å². The summed E-state index contributed by atoms with van der Waals surface area (Å²) in [5, 5.41) is 11.6. The molecule has 7 heteroatoms. The average Bonchev–Trinajstić information content (AvgIpc) is 3.11. The van der Waals surface area contributed by atoms with Gasteiger partial charge in [0.25, 0.3) is 0 Å². The van der Waals surface area contributed by atoms with Gasteiger partial charge in [0.05, 0.1) is 12.8 Å². The fourth-order valence-electron chi connectivity index (χ4n) is 3.17. The lowest BCUT2D eigenvalue weighted by Crippen LogP contribution is -2.02. The van der Waals surface area contributed by atoms with Crippen molar-refractivity contribution in [3.05, 3.63) is 69.2 Å². The lowest BCUT2D eigenvalue weighted by Gasteiger charge is -2.14. The maximum Gasteiger partial charge on any atom is 0.216 e. The van der Waals surface area contributed by atoms with Gasteiger partial charge in [0.1, 0.15) is 6.61 Å². The highest BCUT2D eigenvalue weighted by Gasteiger charge is 2.09. The zero-order chi connectivity index (χ0) is 22.2. The molecule has 0 aliphatic heterocycles. The number of hydrogen-bond donors (Lipinski definition) is 1. The Kier molecular flexibility index (Phi) is 8.00. The molecule has 1 aromatic heterocycles. The molecule has 31 heavy (non-hydrogen) atoms. The second-order valence-electron chi connectivity index (χ2n) is 7.46. The highest BCUT2D eigenvalue weighted by Crippen LogP contribution is 2.29. The summed E-state index contributed by atoms with van der Waals surface area (Å²) in [6.45, 7) is 9.33. The largest absolute Gasteiger partial charge is 0.490 e. The summed E-state index contributed by atoms with van der Waals surface area (Å²) in [5.41, 5.74) is 4.49. The van der Waals surface area contributed by atoms with Gasteiger partial charge < -0.3 is 9.47 Å². The van der Waals surface area contributed by atoms with Crippen molar-refractivity contribution in [1.82, 2.24) is 14.9 Å². The summed E-state index contributed by atoms with van der Waals surface area (Å²) in [6, 6.07) is 12.2. The maximum absolute atomic E-state index is 6.09. The number of benzene rings is 2. The predicted octanol–water partition coefficient (Wildman–Crippen LogP) is 5.76. The first kappa shape index (κ1) is 22.7. The first-order valence-electron chi connectivity index (χ1n) is 10.7. The number of rotatable bonds is 10. The minimum Gasteiger partial charge on any atom is -0.490 e. The molecule has 6 nitrogen and oxygen atoms in total. The van der Waals surface area contributed by atoms with Crippen LogP contribution in [0.3, 0.4) is 0 Å². The van der Waals surface area contributed by atoms with Crippen molar-refractivity contribution in [2.45, 2.75) is 53.6 Å². The van der Waals surface area contributed by atoms with Gasteiger partial charge in [0, 0.05) is 6.42 Å². The van der Waals surface area contributed by atoms with Crippen molar-refractivity contribution in [3.63, 3.8) is 0 Å². The van der Waals surface area contributed by atoms with Gasteiger partial charge in [-0.25, -0.2) is 0 Å². The molecule has 0 aliphatic rings. The van der Waals surface area contributed by atoms with E-state index in [1.54, 1.807) is 10.9 Å². The molecule has 3 rings (SSSR count). The van der Waals surface area contributed by atoms with Crippen LogP contribution in [0.5, 0.6) is 11.5 Å². The molecule has 0 atom stereocenters. The number of H-pyrrole nitrogens is 1. The number of ether oxygens (including phenoxy) is 2. The van der Waals surface area contributed by atoms with E-state index >= 15 is 0 Å². The molecule has 0 fully saturated rings. The SMILES string of the molecule is CCCCc1n[nH]c(=S)n1/N=C\c1ccc(OCc2cc(C)ccc2C)c(OCC)c1. The molecule has 0 unspecified atom stereocenters. The van der Waals surface area contributed by atoms with Crippen molar-refractivity contribution in [3.8, 4) is 11.5 Å². The van der Waals surface area contributed by atoms with Crippen molar-refractivity contribution in [2.75, 3.05) is 6.61 Å². The van der Waals surface area contributed by atoms with Gasteiger partial charge in [-0.15, -0.1) is 0 Å². The van der Waals surface area contributed by atoms with Crippen LogP contribution in [0.1, 0.15) is 54.8 Å². The molecule has 0 saturated heterocycles. The van der Waals surface area contributed by atoms with E-state index in [0.29, 0.717) is 29.5 Å². The molecule has 0 bridgehead atoms. The topological polar surface area (TPSA) is 64.4 Å². The van der Waals surface area contributed by atoms with E-state index in [9.17, 15) is 0 Å². The highest BCUT2D eigenvalue weighted by molar-refractivity contribution is 7.71. The molecule has 0 radical (unpaired) electrons. The summed E-state index contributed by atoms with van der Waals surface area (Å²) in [6.07, 6.45) is 4.72. The van der Waals surface area contributed by atoms with E-state index in [2.05, 4.69) is 54.3 Å². The van der Waals surface area contributed by atoms with Crippen LogP contribution in [0, 0.1) is 18.6 Å². The zero-order valence-electron chi connectivity index (χ0n) is 18.6. The van der Waals surface area contributed by atoms with Crippen LogP contribution >= 0.6 is 12.2 Å². The van der Waals surface area contributed by atoms with Crippen molar-refractivity contribution < 1.29 is 9.47 Å². The Morgan fingerprint density at radius 3 is 2.71 bits per heavy atom. The Labute approximate surface area is 188 Å². The number of aromatic nitrogens is 3. The fourth-order valence-corrected chi connectivity index (χ4v) is 3.37. The van der Waals surface area contributed by atoms with Crippen molar-refractivity contribution in [1.29, 1.82) is 0 Å². The van der Waals surface area contributed by atoms with Crippen LogP contribution in [0.25, 0.3) is 0 Å². The summed E-state index contributed by atoms with van der Waals surface area (Å²) in [7, 11) is 0. The lowest BCUT2D eigenvalue weighted by molar-refractivity contribution is 0.269. The Bertz CT molecular complexity index is 1100. The van der Waals surface area contributed by atoms with Gasteiger partial charge in [-0.2, -0.15) is 14.9 Å². The third-order valence-electron chi connectivity index (χ3n) is 4.95. The molecule has 3 aromatic rings. The van der Waals surface area contributed by atoms with Crippen LogP contribution in [0.15, 0.2) is 41.5 Å². The highest BCUT2D eigenvalue weighted by atomic mass is 32.1.